The molecule has 9 heteroatoms. The molecule has 5 nitrogen and oxygen atoms in total. The number of aromatic nitrogens is 4. The molecular weight excluding hydrogens is 401 g/mol. The Morgan fingerprint density at radius 2 is 1.72 bits per heavy atom. The van der Waals surface area contributed by atoms with Crippen LogP contribution in [-0.4, -0.2) is 25.9 Å². The lowest BCUT2D eigenvalue weighted by molar-refractivity contribution is -0.274. The van der Waals surface area contributed by atoms with Crippen molar-refractivity contribution in [3.63, 3.8) is 0 Å². The van der Waals surface area contributed by atoms with E-state index >= 15 is 0 Å². The molecule has 0 fully saturated rings. The minimum Gasteiger partial charge on any atom is -0.406 e. The van der Waals surface area contributed by atoms with Gasteiger partial charge in [-0.15, -0.1) is 13.2 Å². The Morgan fingerprint density at radius 1 is 0.931 bits per heavy atom. The van der Waals surface area contributed by atoms with Gasteiger partial charge in [0.25, 0.3) is 0 Å². The van der Waals surface area contributed by atoms with Gasteiger partial charge in [0.15, 0.2) is 5.65 Å². The average Bonchev–Trinajstić information content (AvgIpc) is 3.10. The second-order valence-corrected chi connectivity index (χ2v) is 7.16. The first-order valence-corrected chi connectivity index (χ1v) is 9.64. The Bertz CT molecular complexity index is 1120. The zero-order valence-electron chi connectivity index (χ0n) is 15.0. The predicted octanol–water partition coefficient (Wildman–Crippen LogP) is 5.07. The third-order valence-electron chi connectivity index (χ3n) is 4.07. The lowest BCUT2D eigenvalue weighted by atomic mass is 10.2. The average molecular weight is 416 g/mol. The summed E-state index contributed by atoms with van der Waals surface area (Å²) >= 11 is 1.39. The van der Waals surface area contributed by atoms with Crippen LogP contribution in [0.3, 0.4) is 0 Å². The zero-order chi connectivity index (χ0) is 20.3. The van der Waals surface area contributed by atoms with Crippen LogP contribution in [0.1, 0.15) is 11.1 Å². The quantitative estimate of drug-likeness (QED) is 0.325. The molecular formula is C20H15F3N4OS. The maximum absolute atomic E-state index is 12.4. The molecule has 148 valence electrons. The molecule has 0 aliphatic heterocycles. The van der Waals surface area contributed by atoms with Gasteiger partial charge in [-0.3, -0.25) is 0 Å². The van der Waals surface area contributed by atoms with Gasteiger partial charge in [-0.05, 0) is 23.3 Å². The monoisotopic (exact) mass is 416 g/mol. The van der Waals surface area contributed by atoms with Crippen molar-refractivity contribution in [3.05, 3.63) is 78.4 Å². The summed E-state index contributed by atoms with van der Waals surface area (Å²) in [5, 5.41) is 0.670. The molecule has 0 radical (unpaired) electrons. The first-order chi connectivity index (χ1) is 14.0. The molecule has 4 aromatic rings. The molecule has 0 spiro atoms. The Hall–Kier alpha value is -3.07. The molecule has 0 bridgehead atoms. The van der Waals surface area contributed by atoms with E-state index in [9.17, 15) is 13.2 Å². The summed E-state index contributed by atoms with van der Waals surface area (Å²) in [6.07, 6.45) is -1.53. The highest BCUT2D eigenvalue weighted by atomic mass is 32.2. The number of ether oxygens (including phenoxy) is 1. The normalized spacial score (nSPS) is 11.7. The second-order valence-electron chi connectivity index (χ2n) is 6.19. The van der Waals surface area contributed by atoms with E-state index in [1.807, 2.05) is 34.9 Å². The minimum atomic E-state index is -4.71. The molecule has 0 aliphatic rings. The highest BCUT2D eigenvalue weighted by Crippen LogP contribution is 2.29. The number of rotatable bonds is 6. The number of hydrogen-bond donors (Lipinski definition) is 0. The van der Waals surface area contributed by atoms with E-state index in [0.29, 0.717) is 34.1 Å². The Kier molecular flexibility index (Phi) is 5.39. The summed E-state index contributed by atoms with van der Waals surface area (Å²) in [7, 11) is 0. The SMILES string of the molecule is FC(F)(F)Oc1cccc(CSc2ncnc3c2ncn3Cc2ccccc2)c1. The number of nitrogens with zero attached hydrogens (tertiary/aromatic N) is 4. The first kappa shape index (κ1) is 19.3. The number of halogens is 3. The van der Waals surface area contributed by atoms with Crippen molar-refractivity contribution < 1.29 is 17.9 Å². The van der Waals surface area contributed by atoms with E-state index in [0.717, 1.165) is 5.56 Å². The van der Waals surface area contributed by atoms with Gasteiger partial charge in [0.05, 0.1) is 12.9 Å². The molecule has 0 saturated heterocycles. The van der Waals surface area contributed by atoms with Crippen LogP contribution in [0, 0.1) is 0 Å². The van der Waals surface area contributed by atoms with Crippen LogP contribution in [0.5, 0.6) is 5.75 Å². The Labute approximate surface area is 168 Å². The number of hydrogen-bond acceptors (Lipinski definition) is 5. The molecule has 2 aromatic heterocycles. The molecule has 0 aliphatic carbocycles. The van der Waals surface area contributed by atoms with Crippen LogP contribution in [0.25, 0.3) is 11.2 Å². The van der Waals surface area contributed by atoms with Gasteiger partial charge in [-0.1, -0.05) is 54.2 Å². The summed E-state index contributed by atoms with van der Waals surface area (Å²) in [6.45, 7) is 0.634. The smallest absolute Gasteiger partial charge is 0.406 e. The van der Waals surface area contributed by atoms with Crippen LogP contribution in [0.15, 0.2) is 72.3 Å². The van der Waals surface area contributed by atoms with Gasteiger partial charge < -0.3 is 9.30 Å². The fourth-order valence-electron chi connectivity index (χ4n) is 2.84. The van der Waals surface area contributed by atoms with Crippen LogP contribution in [-0.2, 0) is 12.3 Å². The van der Waals surface area contributed by atoms with Gasteiger partial charge in [-0.25, -0.2) is 15.0 Å². The summed E-state index contributed by atoms with van der Waals surface area (Å²) in [5.74, 6) is 0.183. The van der Waals surface area contributed by atoms with E-state index in [-0.39, 0.29) is 5.75 Å². The number of fused-ring (bicyclic) bond motifs is 1. The van der Waals surface area contributed by atoms with E-state index in [1.54, 1.807) is 12.4 Å². The summed E-state index contributed by atoms with van der Waals surface area (Å²) in [5.41, 5.74) is 3.19. The van der Waals surface area contributed by atoms with E-state index < -0.39 is 6.36 Å². The molecule has 4 rings (SSSR count). The van der Waals surface area contributed by atoms with Gasteiger partial charge in [0.1, 0.15) is 22.6 Å². The summed E-state index contributed by atoms with van der Waals surface area (Å²) in [4.78, 5) is 13.1. The predicted molar refractivity (Wildman–Crippen MR) is 104 cm³/mol. The number of alkyl halides is 3. The minimum absolute atomic E-state index is 0.240. The highest BCUT2D eigenvalue weighted by Gasteiger charge is 2.31. The molecule has 0 amide bonds. The maximum Gasteiger partial charge on any atom is 0.573 e. The van der Waals surface area contributed by atoms with Crippen molar-refractivity contribution >= 4 is 22.9 Å². The van der Waals surface area contributed by atoms with Crippen molar-refractivity contribution in [1.29, 1.82) is 0 Å². The Balaban J connectivity index is 1.51. The van der Waals surface area contributed by atoms with Gasteiger partial charge in [0.2, 0.25) is 0 Å². The molecule has 0 atom stereocenters. The van der Waals surface area contributed by atoms with Gasteiger partial charge >= 0.3 is 6.36 Å². The topological polar surface area (TPSA) is 52.8 Å². The molecule has 2 heterocycles. The fourth-order valence-corrected chi connectivity index (χ4v) is 3.73. The maximum atomic E-state index is 12.4. The Morgan fingerprint density at radius 3 is 2.52 bits per heavy atom. The van der Waals surface area contributed by atoms with Crippen LogP contribution >= 0.6 is 11.8 Å². The van der Waals surface area contributed by atoms with Crippen molar-refractivity contribution in [2.45, 2.75) is 23.7 Å². The van der Waals surface area contributed by atoms with Crippen molar-refractivity contribution in [1.82, 2.24) is 19.5 Å². The molecule has 2 aromatic carbocycles. The van der Waals surface area contributed by atoms with Crippen molar-refractivity contribution in [3.8, 4) is 5.75 Å². The highest BCUT2D eigenvalue weighted by molar-refractivity contribution is 7.98. The van der Waals surface area contributed by atoms with Crippen molar-refractivity contribution in [2.24, 2.45) is 0 Å². The van der Waals surface area contributed by atoms with E-state index in [2.05, 4.69) is 19.7 Å². The standard InChI is InChI=1S/C20H15F3N4OS/c21-20(22,23)28-16-8-4-7-15(9-16)11-29-19-17-18(24-12-25-19)27(13-26-17)10-14-5-2-1-3-6-14/h1-9,12-13H,10-11H2. The number of thioether (sulfide) groups is 1. The van der Waals surface area contributed by atoms with Gasteiger partial charge in [-0.2, -0.15) is 0 Å². The van der Waals surface area contributed by atoms with E-state index in [1.165, 1.54) is 36.3 Å². The van der Waals surface area contributed by atoms with Crippen molar-refractivity contribution in [2.75, 3.05) is 0 Å². The lowest BCUT2D eigenvalue weighted by Gasteiger charge is -2.10. The number of imidazole rings is 1. The molecule has 29 heavy (non-hydrogen) atoms. The second kappa shape index (κ2) is 8.12. The van der Waals surface area contributed by atoms with E-state index in [4.69, 9.17) is 0 Å². The summed E-state index contributed by atoms with van der Waals surface area (Å²) in [6, 6.07) is 15.9. The summed E-state index contributed by atoms with van der Waals surface area (Å²) < 4.78 is 43.1. The third-order valence-corrected chi connectivity index (χ3v) is 5.12. The largest absolute Gasteiger partial charge is 0.573 e. The van der Waals surface area contributed by atoms with Crippen LogP contribution in [0.4, 0.5) is 13.2 Å². The fraction of sp³-hybridized carbons (Fsp3) is 0.150. The van der Waals surface area contributed by atoms with Crippen LogP contribution in [0.2, 0.25) is 0 Å². The third kappa shape index (κ3) is 4.86. The molecule has 0 N–H and O–H groups in total. The first-order valence-electron chi connectivity index (χ1n) is 8.65. The number of benzene rings is 2. The lowest BCUT2D eigenvalue weighted by Crippen LogP contribution is -2.17. The molecule has 0 saturated carbocycles. The van der Waals surface area contributed by atoms with Gasteiger partial charge in [0, 0.05) is 5.75 Å². The van der Waals surface area contributed by atoms with Crippen LogP contribution < -0.4 is 4.74 Å². The molecule has 0 unspecified atom stereocenters. The zero-order valence-corrected chi connectivity index (χ0v) is 15.8.